The van der Waals surface area contributed by atoms with E-state index in [0.29, 0.717) is 30.2 Å². The second-order valence-electron chi connectivity index (χ2n) is 8.83. The Morgan fingerprint density at radius 2 is 1.61 bits per heavy atom. The summed E-state index contributed by atoms with van der Waals surface area (Å²) in [7, 11) is 1.27. The second-order valence-corrected chi connectivity index (χ2v) is 9.23. The van der Waals surface area contributed by atoms with Gasteiger partial charge in [0.2, 0.25) is 5.91 Å². The highest BCUT2D eigenvalue weighted by Gasteiger charge is 2.38. The molecule has 7 nitrogen and oxygen atoms in total. The lowest BCUT2D eigenvalue weighted by Crippen LogP contribution is -2.44. The predicted octanol–water partition coefficient (Wildman–Crippen LogP) is 6.43. The fourth-order valence-corrected chi connectivity index (χ4v) is 4.71. The minimum Gasteiger partial charge on any atom is -0.489 e. The Kier molecular flexibility index (Phi) is 15.5. The molecule has 3 rings (SSSR count). The lowest BCUT2D eigenvalue weighted by Gasteiger charge is -2.27. The number of methoxy groups -OCH3 is 1. The average Bonchev–Trinajstić information content (AvgIpc) is 3.37. The number of nitrogens with one attached hydrogen (secondary N) is 1. The molecule has 38 heavy (non-hydrogen) atoms. The quantitative estimate of drug-likeness (QED) is 0.240. The van der Waals surface area contributed by atoms with Gasteiger partial charge in [-0.1, -0.05) is 68.6 Å². The summed E-state index contributed by atoms with van der Waals surface area (Å²) >= 11 is 10.8. The summed E-state index contributed by atoms with van der Waals surface area (Å²) in [4.78, 5) is 36.4. The summed E-state index contributed by atoms with van der Waals surface area (Å²) in [5, 5.41) is 12.7. The van der Waals surface area contributed by atoms with Crippen molar-refractivity contribution in [1.29, 1.82) is 0 Å². The molecular weight excluding hydrogens is 529 g/mol. The number of alkyl halides is 1. The van der Waals surface area contributed by atoms with E-state index < -0.39 is 23.4 Å². The van der Waals surface area contributed by atoms with Gasteiger partial charge >= 0.3 is 11.9 Å². The van der Waals surface area contributed by atoms with E-state index in [0.717, 1.165) is 24.0 Å². The molecule has 0 heterocycles. The molecule has 0 radical (unpaired) electrons. The number of carbonyl (C=O) groups excluding carboxylic acids is 2. The minimum absolute atomic E-state index is 0.0427. The Morgan fingerprint density at radius 1 is 1.00 bits per heavy atom. The first-order valence-corrected chi connectivity index (χ1v) is 13.9. The van der Waals surface area contributed by atoms with Gasteiger partial charge in [-0.3, -0.25) is 9.59 Å². The van der Waals surface area contributed by atoms with Crippen molar-refractivity contribution >= 4 is 41.0 Å². The highest BCUT2D eigenvalue weighted by Crippen LogP contribution is 2.44. The van der Waals surface area contributed by atoms with E-state index in [4.69, 9.17) is 21.1 Å². The van der Waals surface area contributed by atoms with E-state index in [9.17, 15) is 19.5 Å². The highest BCUT2D eigenvalue weighted by atomic mass is 35.5. The molecule has 0 aliphatic heterocycles. The number of carbonyl (C=O) groups is 3. The van der Waals surface area contributed by atoms with Gasteiger partial charge in [-0.2, -0.15) is 0 Å². The fraction of sp³-hybridized carbons (Fsp3) is 0.483. The molecule has 9 heteroatoms. The van der Waals surface area contributed by atoms with Crippen LogP contribution in [0.15, 0.2) is 48.5 Å². The molecule has 0 spiro atoms. The molecular formula is C29H39Cl2NO6. The zero-order valence-electron chi connectivity index (χ0n) is 22.6. The van der Waals surface area contributed by atoms with Crippen LogP contribution in [0, 0.1) is 5.41 Å². The standard InChI is InChI=1S/C26H30ClNO6.C2H6.CH3Cl/c1-33-25(32)22(28-23(29)15-26(16-24(30)31)12-4-5-13-26)14-18-8-10-20(11-9-18)34-17-19-6-2-3-7-21(19)27;2*1-2/h2-3,6-11,22H,4-5,12-17H2,1H3,(H,28,29)(H,30,31);1-2H3;1H3. The van der Waals surface area contributed by atoms with Crippen molar-refractivity contribution in [2.75, 3.05) is 13.5 Å². The number of hydrogen-bond donors (Lipinski definition) is 2. The van der Waals surface area contributed by atoms with Gasteiger partial charge in [0.1, 0.15) is 18.4 Å². The summed E-state index contributed by atoms with van der Waals surface area (Å²) in [5.41, 5.74) is 1.16. The summed E-state index contributed by atoms with van der Waals surface area (Å²) in [6, 6.07) is 13.8. The zero-order valence-corrected chi connectivity index (χ0v) is 24.1. The number of benzene rings is 2. The summed E-state index contributed by atoms with van der Waals surface area (Å²) in [6.45, 7) is 4.33. The van der Waals surface area contributed by atoms with Gasteiger partial charge in [-0.15, -0.1) is 11.6 Å². The molecule has 0 bridgehead atoms. The third-order valence-electron chi connectivity index (χ3n) is 6.26. The average molecular weight is 569 g/mol. The first kappa shape index (κ1) is 33.3. The molecule has 1 unspecified atom stereocenters. The van der Waals surface area contributed by atoms with Crippen LogP contribution < -0.4 is 10.1 Å². The van der Waals surface area contributed by atoms with E-state index in [1.54, 1.807) is 18.2 Å². The highest BCUT2D eigenvalue weighted by molar-refractivity contribution is 6.31. The van der Waals surface area contributed by atoms with Crippen molar-refractivity contribution in [2.45, 2.75) is 71.4 Å². The van der Waals surface area contributed by atoms with Crippen molar-refractivity contribution in [1.82, 2.24) is 5.32 Å². The van der Waals surface area contributed by atoms with Crippen LogP contribution in [0.1, 0.15) is 63.5 Å². The fourth-order valence-electron chi connectivity index (χ4n) is 4.52. The SMILES string of the molecule is CC.CCl.COC(=O)C(Cc1ccc(OCc2ccccc2Cl)cc1)NC(=O)CC1(CC(=O)O)CCCC1. The number of hydrogen-bond acceptors (Lipinski definition) is 5. The van der Waals surface area contributed by atoms with Gasteiger partial charge in [0.15, 0.2) is 0 Å². The Hall–Kier alpha value is -2.77. The van der Waals surface area contributed by atoms with Crippen LogP contribution in [0.4, 0.5) is 0 Å². The van der Waals surface area contributed by atoms with Gasteiger partial charge in [-0.25, -0.2) is 4.79 Å². The van der Waals surface area contributed by atoms with Crippen molar-refractivity contribution in [3.8, 4) is 5.75 Å². The maximum Gasteiger partial charge on any atom is 0.328 e. The first-order chi connectivity index (χ1) is 18.3. The van der Waals surface area contributed by atoms with Crippen molar-refractivity contribution in [3.05, 3.63) is 64.7 Å². The third kappa shape index (κ3) is 10.9. The number of ether oxygens (including phenoxy) is 2. The number of amides is 1. The van der Waals surface area contributed by atoms with Crippen molar-refractivity contribution in [2.24, 2.45) is 5.41 Å². The van der Waals surface area contributed by atoms with Crippen LogP contribution >= 0.6 is 23.2 Å². The van der Waals surface area contributed by atoms with Gasteiger partial charge in [-0.05, 0) is 42.0 Å². The number of esters is 1. The van der Waals surface area contributed by atoms with Crippen LogP contribution in [0.2, 0.25) is 5.02 Å². The summed E-state index contributed by atoms with van der Waals surface area (Å²) in [5.74, 6) is -1.14. The minimum atomic E-state index is -0.906. The topological polar surface area (TPSA) is 102 Å². The maximum atomic E-state index is 12.8. The van der Waals surface area contributed by atoms with Crippen molar-refractivity contribution < 1.29 is 29.0 Å². The molecule has 1 aliphatic carbocycles. The van der Waals surface area contributed by atoms with E-state index in [-0.39, 0.29) is 25.2 Å². The van der Waals surface area contributed by atoms with Crippen LogP contribution in [-0.2, 0) is 32.1 Å². The smallest absolute Gasteiger partial charge is 0.328 e. The molecule has 0 aromatic heterocycles. The molecule has 210 valence electrons. The van der Waals surface area contributed by atoms with Gasteiger partial charge in [0.25, 0.3) is 0 Å². The van der Waals surface area contributed by atoms with E-state index >= 15 is 0 Å². The number of carboxylic acid groups (broad SMARTS) is 1. The van der Waals surface area contributed by atoms with Crippen LogP contribution in [0.3, 0.4) is 0 Å². The molecule has 2 aromatic carbocycles. The van der Waals surface area contributed by atoms with Gasteiger partial charge in [0.05, 0.1) is 13.5 Å². The Morgan fingerprint density at radius 3 is 2.16 bits per heavy atom. The van der Waals surface area contributed by atoms with Crippen molar-refractivity contribution in [3.63, 3.8) is 0 Å². The molecule has 1 aliphatic rings. The van der Waals surface area contributed by atoms with Gasteiger partial charge in [0, 0.05) is 29.8 Å². The second kappa shape index (κ2) is 17.7. The summed E-state index contributed by atoms with van der Waals surface area (Å²) < 4.78 is 10.7. The van der Waals surface area contributed by atoms with E-state index in [1.807, 2.05) is 44.2 Å². The Bertz CT molecular complexity index is 1010. The molecule has 1 fully saturated rings. The third-order valence-corrected chi connectivity index (χ3v) is 6.63. The van der Waals surface area contributed by atoms with Crippen LogP contribution in [0.5, 0.6) is 5.75 Å². The Balaban J connectivity index is 0.00000172. The zero-order chi connectivity index (χ0) is 28.6. The molecule has 0 saturated heterocycles. The first-order valence-electron chi connectivity index (χ1n) is 12.7. The number of rotatable bonds is 11. The molecule has 2 N–H and O–H groups in total. The normalized spacial score (nSPS) is 14.1. The van der Waals surface area contributed by atoms with Crippen LogP contribution in [-0.4, -0.2) is 42.5 Å². The molecule has 2 aromatic rings. The largest absolute Gasteiger partial charge is 0.489 e. The molecule has 1 atom stereocenters. The van der Waals surface area contributed by atoms with E-state index in [1.165, 1.54) is 13.5 Å². The van der Waals surface area contributed by atoms with Gasteiger partial charge < -0.3 is 19.9 Å². The molecule has 1 amide bonds. The number of aliphatic carboxylic acids is 1. The molecule has 1 saturated carbocycles. The number of carboxylic acids is 1. The van der Waals surface area contributed by atoms with E-state index in [2.05, 4.69) is 16.9 Å². The Labute approximate surface area is 235 Å². The maximum absolute atomic E-state index is 12.8. The van der Waals surface area contributed by atoms with Crippen LogP contribution in [0.25, 0.3) is 0 Å². The lowest BCUT2D eigenvalue weighted by atomic mass is 9.79. The lowest BCUT2D eigenvalue weighted by molar-refractivity contribution is -0.146. The number of halogens is 2. The monoisotopic (exact) mass is 567 g/mol. The summed E-state index contributed by atoms with van der Waals surface area (Å²) in [6.07, 6.45) is 4.98. The predicted molar refractivity (Wildman–Crippen MR) is 151 cm³/mol.